The summed E-state index contributed by atoms with van der Waals surface area (Å²) in [6, 6.07) is 15.5. The number of benzene rings is 3. The first kappa shape index (κ1) is 27.0. The number of ether oxygens (including phenoxy) is 1. The second-order valence-corrected chi connectivity index (χ2v) is 10.9. The van der Waals surface area contributed by atoms with Crippen LogP contribution in [0.4, 0.5) is 0 Å². The summed E-state index contributed by atoms with van der Waals surface area (Å²) in [5.41, 5.74) is 3.05. The Hall–Kier alpha value is -2.63. The van der Waals surface area contributed by atoms with Gasteiger partial charge in [0.2, 0.25) is 10.0 Å². The van der Waals surface area contributed by atoms with Crippen molar-refractivity contribution >= 4 is 61.3 Å². The molecule has 0 aromatic heterocycles. The number of phenols is 1. The molecule has 0 aliphatic heterocycles. The van der Waals surface area contributed by atoms with E-state index in [4.69, 9.17) is 27.9 Å². The van der Waals surface area contributed by atoms with Crippen molar-refractivity contribution in [2.75, 3.05) is 13.7 Å². The Labute approximate surface area is 221 Å². The number of hydrazone groups is 1. The zero-order valence-corrected chi connectivity index (χ0v) is 22.2. The molecule has 3 aromatic carbocycles. The molecular formula is C23H20BrCl2N3O5S. The van der Waals surface area contributed by atoms with Crippen molar-refractivity contribution in [3.05, 3.63) is 86.3 Å². The number of hydrogen-bond donors (Lipinski definition) is 2. The van der Waals surface area contributed by atoms with Crippen LogP contribution in [0, 0.1) is 0 Å². The molecule has 0 aliphatic rings. The number of para-hydroxylation sites is 1. The van der Waals surface area contributed by atoms with E-state index in [-0.39, 0.29) is 28.0 Å². The lowest BCUT2D eigenvalue weighted by atomic mass is 10.2. The van der Waals surface area contributed by atoms with Crippen LogP contribution in [0.1, 0.15) is 11.1 Å². The molecule has 0 atom stereocenters. The summed E-state index contributed by atoms with van der Waals surface area (Å²) in [6.07, 6.45) is 1.22. The van der Waals surface area contributed by atoms with Gasteiger partial charge in [-0.1, -0.05) is 51.3 Å². The smallest absolute Gasteiger partial charge is 0.255 e. The maximum absolute atomic E-state index is 13.3. The highest BCUT2D eigenvalue weighted by atomic mass is 79.9. The van der Waals surface area contributed by atoms with Gasteiger partial charge in [0, 0.05) is 26.6 Å². The first-order chi connectivity index (χ1) is 16.6. The van der Waals surface area contributed by atoms with Crippen LogP contribution in [0.15, 0.2) is 75.1 Å². The summed E-state index contributed by atoms with van der Waals surface area (Å²) < 4.78 is 33.4. The maximum atomic E-state index is 13.3. The predicted octanol–water partition coefficient (Wildman–Crippen LogP) is 4.81. The third-order valence-electron chi connectivity index (χ3n) is 4.78. The van der Waals surface area contributed by atoms with E-state index in [1.807, 2.05) is 0 Å². The molecule has 0 saturated heterocycles. The molecule has 0 aliphatic carbocycles. The average molecular weight is 601 g/mol. The molecule has 1 amide bonds. The Bertz CT molecular complexity index is 1350. The molecule has 2 N–H and O–H groups in total. The maximum Gasteiger partial charge on any atom is 0.255 e. The Morgan fingerprint density at radius 3 is 2.54 bits per heavy atom. The summed E-state index contributed by atoms with van der Waals surface area (Å²) in [5, 5.41) is 14.6. The molecule has 3 aromatic rings. The lowest BCUT2D eigenvalue weighted by Gasteiger charge is -2.22. The molecule has 12 heteroatoms. The third-order valence-corrected chi connectivity index (χ3v) is 7.70. The number of nitrogens with zero attached hydrogens (tertiary/aromatic N) is 2. The second-order valence-electron chi connectivity index (χ2n) is 7.15. The number of sulfonamides is 1. The number of hydrogen-bond acceptors (Lipinski definition) is 6. The largest absolute Gasteiger partial charge is 0.504 e. The molecule has 0 heterocycles. The van der Waals surface area contributed by atoms with Crippen molar-refractivity contribution in [3.63, 3.8) is 0 Å². The fraction of sp³-hybridized carbons (Fsp3) is 0.130. The van der Waals surface area contributed by atoms with E-state index in [9.17, 15) is 18.3 Å². The van der Waals surface area contributed by atoms with Crippen molar-refractivity contribution in [3.8, 4) is 11.5 Å². The number of amides is 1. The first-order valence-corrected chi connectivity index (χ1v) is 13.0. The van der Waals surface area contributed by atoms with Gasteiger partial charge < -0.3 is 9.84 Å². The minimum absolute atomic E-state index is 0.00314. The highest BCUT2D eigenvalue weighted by molar-refractivity contribution is 9.10. The molecule has 0 saturated carbocycles. The summed E-state index contributed by atoms with van der Waals surface area (Å²) in [4.78, 5) is 12.6. The Morgan fingerprint density at radius 1 is 1.17 bits per heavy atom. The Morgan fingerprint density at radius 2 is 1.89 bits per heavy atom. The number of methoxy groups -OCH3 is 1. The fourth-order valence-corrected chi connectivity index (χ4v) is 5.11. The predicted molar refractivity (Wildman–Crippen MR) is 139 cm³/mol. The van der Waals surface area contributed by atoms with Crippen LogP contribution in [0.5, 0.6) is 11.5 Å². The number of phenolic OH excluding ortho intramolecular Hbond substituents is 1. The summed E-state index contributed by atoms with van der Waals surface area (Å²) in [6.45, 7) is -0.721. The Kier molecular flexibility index (Phi) is 9.15. The van der Waals surface area contributed by atoms with Gasteiger partial charge in [0.25, 0.3) is 5.91 Å². The van der Waals surface area contributed by atoms with E-state index in [2.05, 4.69) is 26.5 Å². The van der Waals surface area contributed by atoms with Crippen LogP contribution in [0.2, 0.25) is 10.0 Å². The van der Waals surface area contributed by atoms with Crippen LogP contribution in [0.25, 0.3) is 0 Å². The first-order valence-electron chi connectivity index (χ1n) is 9.99. The SMILES string of the molecule is COc1cccc(/C=N/NC(=O)CN(Cc2ccc(Cl)cc2Cl)S(=O)(=O)c2ccc(Br)cc2)c1O. The lowest BCUT2D eigenvalue weighted by Crippen LogP contribution is -2.39. The van der Waals surface area contributed by atoms with Crippen molar-refractivity contribution < 1.29 is 23.1 Å². The third kappa shape index (κ3) is 6.96. The van der Waals surface area contributed by atoms with E-state index in [0.29, 0.717) is 20.6 Å². The summed E-state index contributed by atoms with van der Waals surface area (Å²) in [7, 11) is -2.67. The number of rotatable bonds is 9. The molecule has 0 fully saturated rings. The van der Waals surface area contributed by atoms with Crippen molar-refractivity contribution in [1.82, 2.24) is 9.73 Å². The number of nitrogens with one attached hydrogen (secondary N) is 1. The lowest BCUT2D eigenvalue weighted by molar-refractivity contribution is -0.121. The molecule has 3 rings (SSSR count). The van der Waals surface area contributed by atoms with Crippen molar-refractivity contribution in [2.45, 2.75) is 11.4 Å². The topological polar surface area (TPSA) is 108 Å². The van der Waals surface area contributed by atoms with E-state index < -0.39 is 22.5 Å². The monoisotopic (exact) mass is 599 g/mol. The van der Waals surface area contributed by atoms with Crippen LogP contribution >= 0.6 is 39.1 Å². The average Bonchev–Trinajstić information content (AvgIpc) is 2.81. The zero-order chi connectivity index (χ0) is 25.6. The molecule has 0 spiro atoms. The molecule has 0 radical (unpaired) electrons. The van der Waals surface area contributed by atoms with E-state index >= 15 is 0 Å². The quantitative estimate of drug-likeness (QED) is 0.271. The molecule has 0 unspecified atom stereocenters. The second kappa shape index (κ2) is 11.9. The number of carbonyl (C=O) groups excluding carboxylic acids is 1. The van der Waals surface area contributed by atoms with Crippen LogP contribution in [-0.2, 0) is 21.4 Å². The minimum Gasteiger partial charge on any atom is -0.504 e. The van der Waals surface area contributed by atoms with Gasteiger partial charge in [-0.05, 0) is 54.1 Å². The van der Waals surface area contributed by atoms with E-state index in [0.717, 1.165) is 4.31 Å². The minimum atomic E-state index is -4.08. The van der Waals surface area contributed by atoms with E-state index in [1.54, 1.807) is 42.5 Å². The van der Waals surface area contributed by atoms with Gasteiger partial charge in [0.15, 0.2) is 11.5 Å². The highest BCUT2D eigenvalue weighted by Gasteiger charge is 2.27. The zero-order valence-electron chi connectivity index (χ0n) is 18.3. The van der Waals surface area contributed by atoms with Crippen LogP contribution in [-0.4, -0.2) is 43.6 Å². The molecule has 35 heavy (non-hydrogen) atoms. The number of aromatic hydroxyl groups is 1. The molecule has 0 bridgehead atoms. The highest BCUT2D eigenvalue weighted by Crippen LogP contribution is 2.28. The van der Waals surface area contributed by atoms with Gasteiger partial charge in [-0.15, -0.1) is 0 Å². The molecule has 8 nitrogen and oxygen atoms in total. The van der Waals surface area contributed by atoms with E-state index in [1.165, 1.54) is 31.5 Å². The summed E-state index contributed by atoms with van der Waals surface area (Å²) >= 11 is 15.5. The molecular weight excluding hydrogens is 581 g/mol. The van der Waals surface area contributed by atoms with Crippen molar-refractivity contribution in [1.29, 1.82) is 0 Å². The van der Waals surface area contributed by atoms with Gasteiger partial charge in [0.05, 0.1) is 24.8 Å². The van der Waals surface area contributed by atoms with Gasteiger partial charge in [0.1, 0.15) is 0 Å². The molecule has 184 valence electrons. The number of carbonyl (C=O) groups is 1. The van der Waals surface area contributed by atoms with Gasteiger partial charge >= 0.3 is 0 Å². The van der Waals surface area contributed by atoms with Crippen LogP contribution in [0.3, 0.4) is 0 Å². The van der Waals surface area contributed by atoms with Gasteiger partial charge in [-0.25, -0.2) is 13.8 Å². The normalized spacial score (nSPS) is 11.7. The summed E-state index contributed by atoms with van der Waals surface area (Å²) in [5.74, 6) is -0.605. The fourth-order valence-electron chi connectivity index (χ4n) is 3.00. The van der Waals surface area contributed by atoms with Crippen molar-refractivity contribution in [2.24, 2.45) is 5.10 Å². The standard InChI is InChI=1S/C23H20BrCl2N3O5S/c1-34-21-4-2-3-15(23(21)31)12-27-28-22(30)14-29(13-16-5-8-18(25)11-20(16)26)35(32,33)19-9-6-17(24)7-10-19/h2-12,31H,13-14H2,1H3,(H,28,30)/b27-12+. The van der Waals surface area contributed by atoms with Gasteiger partial charge in [-0.3, -0.25) is 4.79 Å². The van der Waals surface area contributed by atoms with Gasteiger partial charge in [-0.2, -0.15) is 9.41 Å². The number of halogens is 3. The van der Waals surface area contributed by atoms with Crippen LogP contribution < -0.4 is 10.2 Å². The Balaban J connectivity index is 1.83.